The lowest BCUT2D eigenvalue weighted by molar-refractivity contribution is 0.544. The predicted molar refractivity (Wildman–Crippen MR) is 103 cm³/mol. The Balaban J connectivity index is 2.27. The van der Waals surface area contributed by atoms with E-state index in [0.717, 1.165) is 18.5 Å². The highest BCUT2D eigenvalue weighted by molar-refractivity contribution is 7.99. The Morgan fingerprint density at radius 2 is 1.91 bits per heavy atom. The third kappa shape index (κ3) is 5.27. The Kier molecular flexibility index (Phi) is 7.48. The number of hydrogen-bond donors (Lipinski definition) is 0. The van der Waals surface area contributed by atoms with Gasteiger partial charge >= 0.3 is 0 Å². The Bertz CT molecular complexity index is 601. The molecule has 0 spiro atoms. The van der Waals surface area contributed by atoms with E-state index in [2.05, 4.69) is 50.5 Å². The van der Waals surface area contributed by atoms with Gasteiger partial charge in [-0.2, -0.15) is 0 Å². The molecule has 2 aromatic rings. The fraction of sp³-hybridized carbons (Fsp3) is 0.650. The van der Waals surface area contributed by atoms with Crippen LogP contribution < -0.4 is 0 Å². The summed E-state index contributed by atoms with van der Waals surface area (Å²) in [4.78, 5) is 6.31. The maximum absolute atomic E-state index is 4.93. The number of rotatable bonds is 10. The van der Waals surface area contributed by atoms with E-state index >= 15 is 0 Å². The van der Waals surface area contributed by atoms with Gasteiger partial charge in [0.1, 0.15) is 5.82 Å². The average molecular weight is 333 g/mol. The molecule has 0 radical (unpaired) electrons. The first-order chi connectivity index (χ1) is 11.2. The second-order valence-corrected chi connectivity index (χ2v) is 8.01. The van der Waals surface area contributed by atoms with Crippen molar-refractivity contribution in [3.8, 4) is 0 Å². The van der Waals surface area contributed by atoms with Crippen molar-refractivity contribution < 1.29 is 0 Å². The zero-order valence-corrected chi connectivity index (χ0v) is 16.1. The molecular formula is C20H32N2S. The van der Waals surface area contributed by atoms with E-state index < -0.39 is 0 Å². The van der Waals surface area contributed by atoms with Crippen LogP contribution in [0, 0.1) is 5.92 Å². The van der Waals surface area contributed by atoms with Gasteiger partial charge in [0.25, 0.3) is 0 Å². The molecule has 1 heterocycles. The van der Waals surface area contributed by atoms with Gasteiger partial charge in [0.15, 0.2) is 0 Å². The van der Waals surface area contributed by atoms with Crippen molar-refractivity contribution in [2.24, 2.45) is 5.92 Å². The largest absolute Gasteiger partial charge is 0.328 e. The number of aryl methyl sites for hydroxylation is 1. The van der Waals surface area contributed by atoms with Crippen LogP contribution in [0.15, 0.2) is 23.1 Å². The highest BCUT2D eigenvalue weighted by Gasteiger charge is 2.12. The Morgan fingerprint density at radius 1 is 1.09 bits per heavy atom. The summed E-state index contributed by atoms with van der Waals surface area (Å²) in [5.41, 5.74) is 2.50. The SMILES string of the molecule is CCCCCCn1c(CC(C)C)nc2ccc(SCCC)cc21. The zero-order chi connectivity index (χ0) is 16.7. The molecule has 2 rings (SSSR count). The van der Waals surface area contributed by atoms with Crippen LogP contribution in [0.4, 0.5) is 0 Å². The molecule has 0 aliphatic carbocycles. The van der Waals surface area contributed by atoms with Crippen molar-refractivity contribution in [3.63, 3.8) is 0 Å². The summed E-state index contributed by atoms with van der Waals surface area (Å²) in [5.74, 6) is 3.11. The topological polar surface area (TPSA) is 17.8 Å². The summed E-state index contributed by atoms with van der Waals surface area (Å²) < 4.78 is 2.49. The minimum Gasteiger partial charge on any atom is -0.328 e. The first kappa shape index (κ1) is 18.4. The van der Waals surface area contributed by atoms with Crippen molar-refractivity contribution in [2.75, 3.05) is 5.75 Å². The van der Waals surface area contributed by atoms with Gasteiger partial charge in [-0.25, -0.2) is 4.98 Å². The van der Waals surface area contributed by atoms with Gasteiger partial charge in [0.2, 0.25) is 0 Å². The third-order valence-electron chi connectivity index (χ3n) is 4.10. The van der Waals surface area contributed by atoms with Gasteiger partial charge in [-0.15, -0.1) is 11.8 Å². The number of imidazole rings is 1. The molecule has 0 aliphatic heterocycles. The van der Waals surface area contributed by atoms with Crippen LogP contribution in [0.5, 0.6) is 0 Å². The predicted octanol–water partition coefficient (Wildman–Crippen LogP) is 6.32. The van der Waals surface area contributed by atoms with Gasteiger partial charge < -0.3 is 4.57 Å². The van der Waals surface area contributed by atoms with Crippen LogP contribution in [0.3, 0.4) is 0 Å². The van der Waals surface area contributed by atoms with Crippen molar-refractivity contribution in [1.82, 2.24) is 9.55 Å². The number of hydrogen-bond acceptors (Lipinski definition) is 2. The fourth-order valence-corrected chi connectivity index (χ4v) is 3.73. The third-order valence-corrected chi connectivity index (χ3v) is 5.30. The molecule has 3 heteroatoms. The molecule has 0 bridgehead atoms. The average Bonchev–Trinajstić information content (AvgIpc) is 2.85. The molecule has 0 atom stereocenters. The standard InChI is InChI=1S/C20H32N2S/c1-5-7-8-9-12-22-19-15-17(23-13-6-2)10-11-18(19)21-20(22)14-16(3)4/h10-11,15-16H,5-9,12-14H2,1-4H3. The van der Waals surface area contributed by atoms with E-state index in [1.807, 2.05) is 11.8 Å². The summed E-state index contributed by atoms with van der Waals surface area (Å²) in [6.07, 6.45) is 7.50. The number of fused-ring (bicyclic) bond motifs is 1. The lowest BCUT2D eigenvalue weighted by Gasteiger charge is -2.11. The van der Waals surface area contributed by atoms with Gasteiger partial charge in [-0.1, -0.05) is 47.0 Å². The van der Waals surface area contributed by atoms with Gasteiger partial charge in [0.05, 0.1) is 11.0 Å². The summed E-state index contributed by atoms with van der Waals surface area (Å²) in [6.45, 7) is 10.2. The van der Waals surface area contributed by atoms with Crippen LogP contribution in [-0.2, 0) is 13.0 Å². The number of aromatic nitrogens is 2. The Morgan fingerprint density at radius 3 is 2.61 bits per heavy atom. The van der Waals surface area contributed by atoms with Crippen LogP contribution in [0.1, 0.15) is 65.6 Å². The second-order valence-electron chi connectivity index (χ2n) is 6.84. The van der Waals surface area contributed by atoms with Crippen molar-refractivity contribution in [1.29, 1.82) is 0 Å². The molecule has 0 saturated heterocycles. The highest BCUT2D eigenvalue weighted by atomic mass is 32.2. The quantitative estimate of drug-likeness (QED) is 0.374. The molecule has 128 valence electrons. The minimum atomic E-state index is 0.648. The van der Waals surface area contributed by atoms with Crippen molar-refractivity contribution in [3.05, 3.63) is 24.0 Å². The van der Waals surface area contributed by atoms with Gasteiger partial charge in [-0.3, -0.25) is 0 Å². The lowest BCUT2D eigenvalue weighted by atomic mass is 10.1. The first-order valence-corrected chi connectivity index (χ1v) is 10.3. The molecule has 1 aromatic carbocycles. The smallest absolute Gasteiger partial charge is 0.110 e. The molecule has 0 fully saturated rings. The van der Waals surface area contributed by atoms with E-state index in [-0.39, 0.29) is 0 Å². The summed E-state index contributed by atoms with van der Waals surface area (Å²) in [6, 6.07) is 6.79. The molecule has 2 nitrogen and oxygen atoms in total. The maximum atomic E-state index is 4.93. The second kappa shape index (κ2) is 9.36. The molecule has 0 unspecified atom stereocenters. The zero-order valence-electron chi connectivity index (χ0n) is 15.3. The minimum absolute atomic E-state index is 0.648. The first-order valence-electron chi connectivity index (χ1n) is 9.27. The molecule has 0 amide bonds. The molecule has 1 aromatic heterocycles. The monoisotopic (exact) mass is 332 g/mol. The number of thioether (sulfide) groups is 1. The number of benzene rings is 1. The van der Waals surface area contributed by atoms with E-state index in [0.29, 0.717) is 5.92 Å². The van der Waals surface area contributed by atoms with Gasteiger partial charge in [0, 0.05) is 17.9 Å². The number of nitrogens with zero attached hydrogens (tertiary/aromatic N) is 2. The van der Waals surface area contributed by atoms with E-state index in [4.69, 9.17) is 4.98 Å². The Hall–Kier alpha value is -0.960. The normalized spacial score (nSPS) is 11.7. The summed E-state index contributed by atoms with van der Waals surface area (Å²) in [7, 11) is 0. The summed E-state index contributed by atoms with van der Waals surface area (Å²) >= 11 is 1.96. The maximum Gasteiger partial charge on any atom is 0.110 e. The number of unbranched alkanes of at least 4 members (excludes halogenated alkanes) is 3. The molecule has 23 heavy (non-hydrogen) atoms. The van der Waals surface area contributed by atoms with Crippen LogP contribution in [0.2, 0.25) is 0 Å². The van der Waals surface area contributed by atoms with Crippen LogP contribution >= 0.6 is 11.8 Å². The van der Waals surface area contributed by atoms with Crippen LogP contribution in [0.25, 0.3) is 11.0 Å². The highest BCUT2D eigenvalue weighted by Crippen LogP contribution is 2.26. The van der Waals surface area contributed by atoms with E-state index in [9.17, 15) is 0 Å². The Labute approximate surface area is 146 Å². The van der Waals surface area contributed by atoms with Gasteiger partial charge in [-0.05, 0) is 42.7 Å². The van der Waals surface area contributed by atoms with E-state index in [1.54, 1.807) is 0 Å². The molecule has 0 saturated carbocycles. The fourth-order valence-electron chi connectivity index (χ4n) is 2.93. The van der Waals surface area contributed by atoms with Crippen molar-refractivity contribution >= 4 is 22.8 Å². The van der Waals surface area contributed by atoms with Crippen molar-refractivity contribution in [2.45, 2.75) is 77.7 Å². The summed E-state index contributed by atoms with van der Waals surface area (Å²) in [5, 5.41) is 0. The molecule has 0 N–H and O–H groups in total. The van der Waals surface area contributed by atoms with E-state index in [1.165, 1.54) is 54.1 Å². The molecular weight excluding hydrogens is 300 g/mol. The molecule has 0 aliphatic rings. The van der Waals surface area contributed by atoms with Crippen LogP contribution in [-0.4, -0.2) is 15.3 Å². The lowest BCUT2D eigenvalue weighted by Crippen LogP contribution is -2.07.